The zero-order valence-corrected chi connectivity index (χ0v) is 6.99. The molecule has 0 bridgehead atoms. The van der Waals surface area contributed by atoms with Crippen molar-refractivity contribution in [3.05, 3.63) is 24.3 Å². The van der Waals surface area contributed by atoms with Gasteiger partial charge in [-0.2, -0.15) is 0 Å². The van der Waals surface area contributed by atoms with Gasteiger partial charge in [0.1, 0.15) is 0 Å². The van der Waals surface area contributed by atoms with Gasteiger partial charge in [0, 0.05) is 9.79 Å². The number of benzene rings is 1. The highest BCUT2D eigenvalue weighted by Crippen LogP contribution is 2.15. The Morgan fingerprint density at radius 3 is 1.44 bits per heavy atom. The summed E-state index contributed by atoms with van der Waals surface area (Å²) in [7, 11) is 0. The van der Waals surface area contributed by atoms with Gasteiger partial charge >= 0.3 is 0 Å². The first-order chi connectivity index (χ1) is 3.80. The Balaban J connectivity index is 0.000000640. The van der Waals surface area contributed by atoms with Crippen LogP contribution in [0.3, 0.4) is 0 Å². The summed E-state index contributed by atoms with van der Waals surface area (Å²) in [5.41, 5.74) is 0. The molecule has 0 spiro atoms. The fourth-order valence-corrected chi connectivity index (χ4v) is 0.785. The van der Waals surface area contributed by atoms with Gasteiger partial charge in [-0.1, -0.05) is 12.1 Å². The van der Waals surface area contributed by atoms with E-state index in [1.54, 1.807) is 0 Å². The van der Waals surface area contributed by atoms with Gasteiger partial charge in [-0.25, -0.2) is 0 Å². The number of rotatable bonds is 0. The highest BCUT2D eigenvalue weighted by atomic mass is 32.1. The van der Waals surface area contributed by atoms with Crippen molar-refractivity contribution >= 4 is 25.3 Å². The molecule has 3 heteroatoms. The Labute approximate surface area is 65.9 Å². The van der Waals surface area contributed by atoms with Gasteiger partial charge in [0.25, 0.3) is 0 Å². The SMILES string of the molecule is Sc1ccccc1S.[NH4+]. The predicted molar refractivity (Wildman–Crippen MR) is 46.9 cm³/mol. The van der Waals surface area contributed by atoms with Crippen molar-refractivity contribution in [1.29, 1.82) is 0 Å². The molecule has 0 saturated carbocycles. The first kappa shape index (κ1) is 8.88. The van der Waals surface area contributed by atoms with Crippen LogP contribution in [0.15, 0.2) is 34.1 Å². The number of hydrogen-bond donors (Lipinski definition) is 3. The van der Waals surface area contributed by atoms with Crippen LogP contribution in [0.2, 0.25) is 0 Å². The highest BCUT2D eigenvalue weighted by molar-refractivity contribution is 7.83. The summed E-state index contributed by atoms with van der Waals surface area (Å²) in [6.07, 6.45) is 0. The Hall–Kier alpha value is -0.120. The Morgan fingerprint density at radius 2 is 1.22 bits per heavy atom. The smallest absolute Gasteiger partial charge is 0.0174 e. The maximum Gasteiger partial charge on any atom is 0.0174 e. The summed E-state index contributed by atoms with van der Waals surface area (Å²) in [5, 5.41) is 0. The minimum absolute atomic E-state index is 0. The molecule has 0 aliphatic heterocycles. The summed E-state index contributed by atoms with van der Waals surface area (Å²) in [6.45, 7) is 0. The number of hydrogen-bond acceptors (Lipinski definition) is 2. The molecular weight excluding hydrogens is 150 g/mol. The lowest BCUT2D eigenvalue weighted by atomic mass is 10.4. The van der Waals surface area contributed by atoms with E-state index >= 15 is 0 Å². The van der Waals surface area contributed by atoms with Crippen molar-refractivity contribution in [1.82, 2.24) is 6.15 Å². The molecule has 1 aromatic rings. The average Bonchev–Trinajstić information content (AvgIpc) is 1.77. The standard InChI is InChI=1S/C6H6S2.H3N/c7-5-3-1-2-4-6(5)8;/h1-4,7-8H;1H3/p+1. The van der Waals surface area contributed by atoms with Crippen LogP contribution in [0.25, 0.3) is 0 Å². The molecule has 9 heavy (non-hydrogen) atoms. The largest absolute Gasteiger partial charge is 0.369 e. The third-order valence-corrected chi connectivity index (χ3v) is 1.84. The first-order valence-corrected chi connectivity index (χ1v) is 3.17. The molecule has 50 valence electrons. The zero-order valence-electron chi connectivity index (χ0n) is 5.20. The van der Waals surface area contributed by atoms with Crippen LogP contribution in [0, 0.1) is 0 Å². The van der Waals surface area contributed by atoms with E-state index in [2.05, 4.69) is 25.3 Å². The summed E-state index contributed by atoms with van der Waals surface area (Å²) >= 11 is 8.24. The number of quaternary nitrogens is 1. The van der Waals surface area contributed by atoms with Crippen LogP contribution in [-0.2, 0) is 0 Å². The monoisotopic (exact) mass is 160 g/mol. The molecule has 0 atom stereocenters. The van der Waals surface area contributed by atoms with Crippen LogP contribution >= 0.6 is 25.3 Å². The van der Waals surface area contributed by atoms with Crippen molar-refractivity contribution in [2.24, 2.45) is 0 Å². The van der Waals surface area contributed by atoms with Crippen LogP contribution in [0.4, 0.5) is 0 Å². The minimum atomic E-state index is 0. The highest BCUT2D eigenvalue weighted by Gasteiger charge is 1.86. The topological polar surface area (TPSA) is 36.5 Å². The Bertz CT molecular complexity index is 167. The summed E-state index contributed by atoms with van der Waals surface area (Å²) < 4.78 is 0. The normalized spacial score (nSPS) is 8.22. The summed E-state index contributed by atoms with van der Waals surface area (Å²) in [4.78, 5) is 1.85. The van der Waals surface area contributed by atoms with E-state index < -0.39 is 0 Å². The quantitative estimate of drug-likeness (QED) is 0.488. The van der Waals surface area contributed by atoms with E-state index in [-0.39, 0.29) is 6.15 Å². The van der Waals surface area contributed by atoms with Crippen LogP contribution in [0.1, 0.15) is 0 Å². The van der Waals surface area contributed by atoms with E-state index in [0.717, 1.165) is 9.79 Å². The Morgan fingerprint density at radius 1 is 0.889 bits per heavy atom. The molecule has 0 fully saturated rings. The fraction of sp³-hybridized carbons (Fsp3) is 0. The molecule has 0 saturated heterocycles. The predicted octanol–water partition coefficient (Wildman–Crippen LogP) is 2.64. The summed E-state index contributed by atoms with van der Waals surface area (Å²) in [5.74, 6) is 0. The third-order valence-electron chi connectivity index (χ3n) is 0.882. The average molecular weight is 160 g/mol. The van der Waals surface area contributed by atoms with Crippen molar-refractivity contribution in [3.8, 4) is 0 Å². The van der Waals surface area contributed by atoms with Gasteiger partial charge in [-0.3, -0.25) is 0 Å². The van der Waals surface area contributed by atoms with Gasteiger partial charge < -0.3 is 6.15 Å². The van der Waals surface area contributed by atoms with E-state index in [1.807, 2.05) is 24.3 Å². The van der Waals surface area contributed by atoms with Crippen molar-refractivity contribution in [3.63, 3.8) is 0 Å². The maximum atomic E-state index is 4.12. The third kappa shape index (κ3) is 2.30. The molecule has 4 N–H and O–H groups in total. The van der Waals surface area contributed by atoms with Gasteiger partial charge in [0.15, 0.2) is 0 Å². The molecule has 0 aliphatic carbocycles. The maximum absolute atomic E-state index is 4.12. The lowest BCUT2D eigenvalue weighted by molar-refractivity contribution is 1.27. The minimum Gasteiger partial charge on any atom is -0.369 e. The molecule has 0 unspecified atom stereocenters. The zero-order chi connectivity index (χ0) is 5.98. The second-order valence-electron chi connectivity index (χ2n) is 1.49. The lowest BCUT2D eigenvalue weighted by Crippen LogP contribution is -1.65. The van der Waals surface area contributed by atoms with Gasteiger partial charge in [0.05, 0.1) is 0 Å². The molecule has 0 heterocycles. The molecule has 0 aromatic heterocycles. The van der Waals surface area contributed by atoms with E-state index in [0.29, 0.717) is 0 Å². The van der Waals surface area contributed by atoms with Crippen LogP contribution < -0.4 is 6.15 Å². The second kappa shape index (κ2) is 3.82. The van der Waals surface area contributed by atoms with Crippen molar-refractivity contribution in [2.45, 2.75) is 9.79 Å². The molecule has 1 rings (SSSR count). The van der Waals surface area contributed by atoms with Crippen molar-refractivity contribution in [2.75, 3.05) is 0 Å². The molecule has 0 aliphatic rings. The molecular formula is C6H10NS2+. The molecule has 1 nitrogen and oxygen atoms in total. The summed E-state index contributed by atoms with van der Waals surface area (Å²) in [6, 6.07) is 7.68. The van der Waals surface area contributed by atoms with E-state index in [4.69, 9.17) is 0 Å². The van der Waals surface area contributed by atoms with E-state index in [1.165, 1.54) is 0 Å². The van der Waals surface area contributed by atoms with Gasteiger partial charge in [-0.05, 0) is 12.1 Å². The second-order valence-corrected chi connectivity index (χ2v) is 2.45. The number of thiol groups is 2. The molecule has 1 aromatic carbocycles. The Kier molecular flexibility index (Phi) is 3.77. The van der Waals surface area contributed by atoms with Gasteiger partial charge in [0.2, 0.25) is 0 Å². The molecule has 0 amide bonds. The lowest BCUT2D eigenvalue weighted by Gasteiger charge is -1.91. The van der Waals surface area contributed by atoms with Crippen LogP contribution in [-0.4, -0.2) is 0 Å². The van der Waals surface area contributed by atoms with Crippen LogP contribution in [0.5, 0.6) is 0 Å². The van der Waals surface area contributed by atoms with Gasteiger partial charge in [-0.15, -0.1) is 25.3 Å². The molecule has 0 radical (unpaired) electrons. The van der Waals surface area contributed by atoms with Crippen molar-refractivity contribution < 1.29 is 0 Å². The van der Waals surface area contributed by atoms with E-state index in [9.17, 15) is 0 Å². The fourth-order valence-electron chi connectivity index (χ4n) is 0.464. The first-order valence-electron chi connectivity index (χ1n) is 2.27.